The first-order valence-corrected chi connectivity index (χ1v) is 28.9. The van der Waals surface area contributed by atoms with Crippen molar-refractivity contribution in [2.45, 2.75) is 264 Å². The number of carboxylic acids is 1. The van der Waals surface area contributed by atoms with Gasteiger partial charge in [0.25, 0.3) is 0 Å². The molecule has 0 aromatic rings. The fourth-order valence-electron chi connectivity index (χ4n) is 8.06. The third-order valence-electron chi connectivity index (χ3n) is 12.5. The largest absolute Gasteiger partial charge is 0.545 e. The Morgan fingerprint density at radius 3 is 1.23 bits per heavy atom. The highest BCUT2D eigenvalue weighted by Gasteiger charge is 2.22. The molecule has 0 aromatic heterocycles. The van der Waals surface area contributed by atoms with Crippen LogP contribution in [-0.2, 0) is 33.3 Å². The Hall–Kier alpha value is -3.01. The van der Waals surface area contributed by atoms with Crippen LogP contribution in [0, 0.1) is 0 Å². The van der Waals surface area contributed by atoms with Crippen molar-refractivity contribution in [2.24, 2.45) is 0 Å². The summed E-state index contributed by atoms with van der Waals surface area (Å²) in [7, 11) is 5.91. The molecule has 0 spiro atoms. The van der Waals surface area contributed by atoms with Crippen molar-refractivity contribution >= 4 is 17.9 Å². The van der Waals surface area contributed by atoms with Gasteiger partial charge in [0.2, 0.25) is 0 Å². The molecule has 406 valence electrons. The summed E-state index contributed by atoms with van der Waals surface area (Å²) in [5.74, 6) is -2.29. The average Bonchev–Trinajstić information content (AvgIpc) is 3.33. The third kappa shape index (κ3) is 52.8. The molecule has 0 radical (unpaired) electrons. The maximum atomic E-state index is 12.8. The average molecular weight is 985 g/mol. The van der Waals surface area contributed by atoms with Crippen molar-refractivity contribution in [1.82, 2.24) is 0 Å². The first kappa shape index (κ1) is 67.0. The maximum Gasteiger partial charge on any atom is 0.306 e. The smallest absolute Gasteiger partial charge is 0.306 e. The van der Waals surface area contributed by atoms with Gasteiger partial charge in [-0.2, -0.15) is 0 Å². The minimum Gasteiger partial charge on any atom is -0.545 e. The number of allylic oxidation sites excluding steroid dienone is 10. The number of aliphatic carboxylic acids is 1. The van der Waals surface area contributed by atoms with Gasteiger partial charge in [-0.3, -0.25) is 9.59 Å². The number of hydrogen-bond donors (Lipinski definition) is 0. The van der Waals surface area contributed by atoms with Crippen LogP contribution < -0.4 is 5.11 Å². The number of rotatable bonds is 53. The number of ether oxygens (including phenoxy) is 4. The van der Waals surface area contributed by atoms with Gasteiger partial charge in [-0.25, -0.2) is 0 Å². The number of carbonyl (C=O) groups excluding carboxylic acids is 3. The first-order valence-electron chi connectivity index (χ1n) is 28.9. The second kappa shape index (κ2) is 52.3. The zero-order valence-corrected chi connectivity index (χ0v) is 46.1. The van der Waals surface area contributed by atoms with Crippen LogP contribution in [0.3, 0.4) is 0 Å². The fourth-order valence-corrected chi connectivity index (χ4v) is 8.06. The molecule has 0 fully saturated rings. The second-order valence-electron chi connectivity index (χ2n) is 20.5. The lowest BCUT2D eigenvalue weighted by Gasteiger charge is -2.26. The molecule has 0 heterocycles. The molecule has 0 N–H and O–H groups in total. The number of quaternary nitrogens is 1. The number of esters is 2. The summed E-state index contributed by atoms with van der Waals surface area (Å²) < 4.78 is 22.6. The van der Waals surface area contributed by atoms with Gasteiger partial charge in [0.05, 0.1) is 40.3 Å². The molecule has 9 heteroatoms. The third-order valence-corrected chi connectivity index (χ3v) is 12.5. The van der Waals surface area contributed by atoms with Crippen molar-refractivity contribution in [2.75, 3.05) is 47.5 Å². The zero-order valence-electron chi connectivity index (χ0n) is 46.1. The number of carbonyl (C=O) groups is 3. The molecule has 0 aliphatic rings. The monoisotopic (exact) mass is 984 g/mol. The highest BCUT2D eigenvalue weighted by Crippen LogP contribution is 2.17. The minimum absolute atomic E-state index is 0.147. The molecule has 2 atom stereocenters. The Balaban J connectivity index is 3.97. The molecule has 0 bridgehead atoms. The maximum absolute atomic E-state index is 12.8. The van der Waals surface area contributed by atoms with Crippen LogP contribution >= 0.6 is 0 Å². The van der Waals surface area contributed by atoms with E-state index in [1.54, 1.807) is 0 Å². The summed E-state index contributed by atoms with van der Waals surface area (Å²) in [6, 6.07) is 0. The standard InChI is InChI=1S/C61H109NO8/c1-6-8-10-12-14-16-18-19-20-21-22-23-24-25-26-27-28-29-30-31-32-33-34-35-36-37-38-39-40-41-42-44-46-48-50-52-59(64)70-57(56-69-61(60(65)66)67-54-53-62(3,4)5)55-68-58(63)51-49-47-45-43-17-15-13-11-9-7-2/h8,10-11,13-14,16,19-20,22-23,57,61H,6-7,9,12,15,17-18,21,24-56H2,1-5H3/b10-8-,13-11-,16-14-,20-19-,23-22-. The van der Waals surface area contributed by atoms with Gasteiger partial charge in [0, 0.05) is 12.8 Å². The lowest BCUT2D eigenvalue weighted by atomic mass is 10.0. The SMILES string of the molecule is CC/C=C\C/C=C\C/C=C\C/C=C\CCCCCCCCCCCCCCCCCCCCCCCCC(=O)OC(COC(=O)CCCCCCC/C=C\CCC)COC(OCC[N+](C)(C)C)C(=O)[O-]. The number of unbranched alkanes of at least 4 members (excludes halogenated alkanes) is 28. The van der Waals surface area contributed by atoms with E-state index in [1.807, 2.05) is 21.1 Å². The van der Waals surface area contributed by atoms with Gasteiger partial charge in [0.15, 0.2) is 12.4 Å². The van der Waals surface area contributed by atoms with E-state index >= 15 is 0 Å². The molecule has 0 saturated carbocycles. The Morgan fingerprint density at radius 1 is 0.443 bits per heavy atom. The van der Waals surface area contributed by atoms with E-state index in [0.717, 1.165) is 83.5 Å². The van der Waals surface area contributed by atoms with Crippen LogP contribution in [-0.4, -0.2) is 82.3 Å². The predicted molar refractivity (Wildman–Crippen MR) is 292 cm³/mol. The van der Waals surface area contributed by atoms with Crippen LogP contribution in [0.2, 0.25) is 0 Å². The lowest BCUT2D eigenvalue weighted by molar-refractivity contribution is -0.870. The van der Waals surface area contributed by atoms with E-state index in [-0.39, 0.29) is 38.6 Å². The highest BCUT2D eigenvalue weighted by atomic mass is 16.7. The fraction of sp³-hybridized carbons (Fsp3) is 0.787. The Labute approximate surface area is 431 Å². The molecule has 2 unspecified atom stereocenters. The molecular formula is C61H109NO8. The van der Waals surface area contributed by atoms with Gasteiger partial charge < -0.3 is 33.3 Å². The van der Waals surface area contributed by atoms with E-state index < -0.39 is 24.3 Å². The van der Waals surface area contributed by atoms with E-state index in [2.05, 4.69) is 74.6 Å². The normalized spacial score (nSPS) is 13.2. The van der Waals surface area contributed by atoms with Crippen molar-refractivity contribution in [3.8, 4) is 0 Å². The molecule has 70 heavy (non-hydrogen) atoms. The van der Waals surface area contributed by atoms with Gasteiger partial charge in [-0.15, -0.1) is 0 Å². The summed E-state index contributed by atoms with van der Waals surface area (Å²) in [5, 5.41) is 11.7. The van der Waals surface area contributed by atoms with E-state index in [9.17, 15) is 19.5 Å². The van der Waals surface area contributed by atoms with Crippen LogP contribution in [0.5, 0.6) is 0 Å². The highest BCUT2D eigenvalue weighted by molar-refractivity contribution is 5.70. The summed E-state index contributed by atoms with van der Waals surface area (Å²) >= 11 is 0. The zero-order chi connectivity index (χ0) is 51.3. The lowest BCUT2D eigenvalue weighted by Crippen LogP contribution is -2.44. The van der Waals surface area contributed by atoms with Gasteiger partial charge in [0.1, 0.15) is 13.2 Å². The predicted octanol–water partition coefficient (Wildman–Crippen LogP) is 15.5. The second-order valence-corrected chi connectivity index (χ2v) is 20.5. The van der Waals surface area contributed by atoms with Crippen LogP contribution in [0.25, 0.3) is 0 Å². The number of carboxylic acid groups (broad SMARTS) is 1. The summed E-state index contributed by atoms with van der Waals surface area (Å²) in [5.41, 5.74) is 0. The van der Waals surface area contributed by atoms with Crippen LogP contribution in [0.1, 0.15) is 251 Å². The molecule has 0 aliphatic carbocycles. The first-order chi connectivity index (χ1) is 34.1. The Bertz CT molecular complexity index is 1330. The van der Waals surface area contributed by atoms with Gasteiger partial charge in [-0.1, -0.05) is 229 Å². The Morgan fingerprint density at radius 2 is 0.814 bits per heavy atom. The number of likely N-dealkylation sites (N-methyl/N-ethyl adjacent to an activating group) is 1. The number of hydrogen-bond acceptors (Lipinski definition) is 8. The summed E-state index contributed by atoms with van der Waals surface area (Å²) in [6.07, 6.45) is 63.1. The molecule has 9 nitrogen and oxygen atoms in total. The van der Waals surface area contributed by atoms with Crippen molar-refractivity contribution in [3.63, 3.8) is 0 Å². The van der Waals surface area contributed by atoms with Crippen LogP contribution in [0.4, 0.5) is 0 Å². The molecule has 0 rings (SSSR count). The van der Waals surface area contributed by atoms with Gasteiger partial charge >= 0.3 is 11.9 Å². The quantitative estimate of drug-likeness (QED) is 0.0195. The van der Waals surface area contributed by atoms with E-state index in [4.69, 9.17) is 18.9 Å². The minimum atomic E-state index is -1.62. The van der Waals surface area contributed by atoms with Crippen molar-refractivity contribution < 1.29 is 42.9 Å². The summed E-state index contributed by atoms with van der Waals surface area (Å²) in [4.78, 5) is 37.1. The summed E-state index contributed by atoms with van der Waals surface area (Å²) in [6.45, 7) is 4.57. The van der Waals surface area contributed by atoms with Crippen molar-refractivity contribution in [1.29, 1.82) is 0 Å². The molecule has 0 aliphatic heterocycles. The number of nitrogens with zero attached hydrogens (tertiary/aromatic N) is 1. The molecular weight excluding hydrogens is 875 g/mol. The molecule has 0 amide bonds. The topological polar surface area (TPSA) is 111 Å². The van der Waals surface area contributed by atoms with E-state index in [0.29, 0.717) is 17.4 Å². The van der Waals surface area contributed by atoms with Crippen LogP contribution in [0.15, 0.2) is 60.8 Å². The molecule has 0 saturated heterocycles. The van der Waals surface area contributed by atoms with Gasteiger partial charge in [-0.05, 0) is 70.6 Å². The Kier molecular flexibility index (Phi) is 50.1. The van der Waals surface area contributed by atoms with Crippen molar-refractivity contribution in [3.05, 3.63) is 60.8 Å². The molecule has 0 aromatic carbocycles. The van der Waals surface area contributed by atoms with E-state index in [1.165, 1.54) is 135 Å².